The summed E-state index contributed by atoms with van der Waals surface area (Å²) in [6.07, 6.45) is 1.92. The van der Waals surface area contributed by atoms with Crippen LogP contribution in [0.2, 0.25) is 0 Å². The molecule has 0 aliphatic carbocycles. The number of ketones is 1. The van der Waals surface area contributed by atoms with E-state index in [9.17, 15) is 14.9 Å². The first-order valence-electron chi connectivity index (χ1n) is 11.2. The number of carbonyl (C=O) groups excluding carboxylic acids is 1. The number of hydrogen-bond acceptors (Lipinski definition) is 5. The van der Waals surface area contributed by atoms with Crippen LogP contribution in [0.5, 0.6) is 5.88 Å². The summed E-state index contributed by atoms with van der Waals surface area (Å²) in [5.74, 6) is 0.549. The van der Waals surface area contributed by atoms with E-state index >= 15 is 0 Å². The Balaban J connectivity index is 2.69. The van der Waals surface area contributed by atoms with Gasteiger partial charge in [0.15, 0.2) is 0 Å². The van der Waals surface area contributed by atoms with Crippen LogP contribution < -0.4 is 4.74 Å². The van der Waals surface area contributed by atoms with Crippen molar-refractivity contribution in [1.29, 1.82) is 0 Å². The van der Waals surface area contributed by atoms with E-state index in [0.717, 1.165) is 24.0 Å². The van der Waals surface area contributed by atoms with Gasteiger partial charge in [-0.25, -0.2) is 4.68 Å². The summed E-state index contributed by atoms with van der Waals surface area (Å²) in [6.45, 7) is 16.6. The van der Waals surface area contributed by atoms with Crippen LogP contribution in [-0.2, 0) is 6.54 Å². The summed E-state index contributed by atoms with van der Waals surface area (Å²) in [5.41, 5.74) is 4.33. The molecule has 0 fully saturated rings. The summed E-state index contributed by atoms with van der Waals surface area (Å²) in [7, 11) is 0. The molecule has 0 N–H and O–H groups in total. The van der Waals surface area contributed by atoms with E-state index in [0.29, 0.717) is 52.9 Å². The number of aromatic nitrogens is 2. The van der Waals surface area contributed by atoms with Gasteiger partial charge >= 0.3 is 0 Å². The van der Waals surface area contributed by atoms with Crippen LogP contribution in [0.25, 0.3) is 5.57 Å². The molecule has 0 bridgehead atoms. The van der Waals surface area contributed by atoms with Gasteiger partial charge in [0.25, 0.3) is 5.69 Å². The summed E-state index contributed by atoms with van der Waals surface area (Å²) in [4.78, 5) is 25.0. The topological polar surface area (TPSA) is 87.3 Å². The van der Waals surface area contributed by atoms with Gasteiger partial charge in [0, 0.05) is 18.2 Å². The van der Waals surface area contributed by atoms with E-state index in [-0.39, 0.29) is 11.5 Å². The predicted molar refractivity (Wildman–Crippen MR) is 127 cm³/mol. The van der Waals surface area contributed by atoms with Gasteiger partial charge < -0.3 is 4.74 Å². The second-order valence-corrected chi connectivity index (χ2v) is 8.89. The zero-order valence-electron chi connectivity index (χ0n) is 20.5. The van der Waals surface area contributed by atoms with Gasteiger partial charge in [-0.15, -0.1) is 0 Å². The molecule has 1 aromatic carbocycles. The number of ether oxygens (including phenoxy) is 1. The highest BCUT2D eigenvalue weighted by molar-refractivity contribution is 6.12. The third kappa shape index (κ3) is 5.26. The van der Waals surface area contributed by atoms with E-state index < -0.39 is 4.92 Å². The molecule has 174 valence electrons. The zero-order valence-corrected chi connectivity index (χ0v) is 20.5. The lowest BCUT2D eigenvalue weighted by Crippen LogP contribution is -2.14. The lowest BCUT2D eigenvalue weighted by molar-refractivity contribution is -0.385. The number of aryl methyl sites for hydroxylation is 2. The summed E-state index contributed by atoms with van der Waals surface area (Å²) in [6, 6.07) is 2.97. The fourth-order valence-electron chi connectivity index (χ4n) is 3.63. The highest BCUT2D eigenvalue weighted by Crippen LogP contribution is 2.35. The van der Waals surface area contributed by atoms with E-state index in [1.165, 1.54) is 6.07 Å². The number of nitrogens with zero attached hydrogens (tertiary/aromatic N) is 3. The van der Waals surface area contributed by atoms with Crippen molar-refractivity contribution < 1.29 is 14.5 Å². The van der Waals surface area contributed by atoms with E-state index in [2.05, 4.69) is 25.9 Å². The first kappa shape index (κ1) is 25.3. The minimum atomic E-state index is -0.395. The van der Waals surface area contributed by atoms with Crippen LogP contribution in [-0.4, -0.2) is 27.1 Å². The van der Waals surface area contributed by atoms with Gasteiger partial charge in [-0.1, -0.05) is 32.8 Å². The largest absolute Gasteiger partial charge is 0.477 e. The smallest absolute Gasteiger partial charge is 0.277 e. The Morgan fingerprint density at radius 1 is 1.19 bits per heavy atom. The molecule has 0 saturated heterocycles. The molecule has 2 rings (SSSR count). The van der Waals surface area contributed by atoms with Crippen LogP contribution >= 0.6 is 0 Å². The van der Waals surface area contributed by atoms with E-state index in [1.807, 2.05) is 20.8 Å². The third-order valence-corrected chi connectivity index (χ3v) is 5.59. The minimum absolute atomic E-state index is 0.00407. The third-order valence-electron chi connectivity index (χ3n) is 5.59. The first-order valence-corrected chi connectivity index (χ1v) is 11.2. The van der Waals surface area contributed by atoms with Gasteiger partial charge in [-0.2, -0.15) is 5.10 Å². The normalized spacial score (nSPS) is 11.0. The van der Waals surface area contributed by atoms with Crippen molar-refractivity contribution in [2.45, 2.75) is 74.8 Å². The fraction of sp³-hybridized carbons (Fsp3) is 0.520. The molecule has 0 amide bonds. The van der Waals surface area contributed by atoms with Crippen molar-refractivity contribution in [3.63, 3.8) is 0 Å². The molecule has 0 radical (unpaired) electrons. The number of allylic oxidation sites excluding steroid dienone is 2. The molecular weight excluding hydrogens is 406 g/mol. The molecule has 32 heavy (non-hydrogen) atoms. The lowest BCUT2D eigenvalue weighted by atomic mass is 9.90. The van der Waals surface area contributed by atoms with Crippen molar-refractivity contribution in [2.75, 3.05) is 6.61 Å². The Bertz CT molecular complexity index is 1040. The predicted octanol–water partition coefficient (Wildman–Crippen LogP) is 6.29. The van der Waals surface area contributed by atoms with Gasteiger partial charge in [0.05, 0.1) is 22.8 Å². The molecule has 0 spiro atoms. The Kier molecular flexibility index (Phi) is 8.36. The van der Waals surface area contributed by atoms with Gasteiger partial charge in [0.2, 0.25) is 11.7 Å². The molecule has 0 unspecified atom stereocenters. The van der Waals surface area contributed by atoms with Crippen molar-refractivity contribution in [2.24, 2.45) is 5.92 Å². The van der Waals surface area contributed by atoms with E-state index in [1.54, 1.807) is 24.6 Å². The molecular formula is C25H35N3O4. The highest BCUT2D eigenvalue weighted by atomic mass is 16.6. The van der Waals surface area contributed by atoms with Crippen LogP contribution in [0.3, 0.4) is 0 Å². The highest BCUT2D eigenvalue weighted by Gasteiger charge is 2.28. The monoisotopic (exact) mass is 441 g/mol. The molecule has 1 aromatic heterocycles. The molecule has 7 heteroatoms. The fourth-order valence-corrected chi connectivity index (χ4v) is 3.63. The average Bonchev–Trinajstić information content (AvgIpc) is 3.04. The van der Waals surface area contributed by atoms with Crippen LogP contribution in [0.15, 0.2) is 17.7 Å². The summed E-state index contributed by atoms with van der Waals surface area (Å²) >= 11 is 0. The Hall–Kier alpha value is -2.96. The quantitative estimate of drug-likeness (QED) is 0.246. The Morgan fingerprint density at radius 3 is 2.38 bits per heavy atom. The minimum Gasteiger partial charge on any atom is -0.477 e. The number of benzene rings is 1. The van der Waals surface area contributed by atoms with Crippen molar-refractivity contribution in [3.05, 3.63) is 55.8 Å². The van der Waals surface area contributed by atoms with Crippen molar-refractivity contribution in [3.8, 4) is 5.88 Å². The molecule has 0 saturated carbocycles. The van der Waals surface area contributed by atoms with Crippen LogP contribution in [0, 0.1) is 29.9 Å². The molecule has 1 heterocycles. The standard InChI is InChI=1S/C25H35N3O4/c1-9-10-13-27-25(32-14-15(2)3)23(19(8)26-27)24(29)20-11-12-21(28(30)31)22(18(20)7)17(6)16(4)5/h11-12,15H,9-10,13-14H2,1-8H3. The van der Waals surface area contributed by atoms with Gasteiger partial charge in [0.1, 0.15) is 5.56 Å². The number of nitro groups is 1. The lowest BCUT2D eigenvalue weighted by Gasteiger charge is -2.15. The Labute approximate surface area is 190 Å². The number of hydrogen-bond donors (Lipinski definition) is 0. The summed E-state index contributed by atoms with van der Waals surface area (Å²) < 4.78 is 7.85. The second kappa shape index (κ2) is 10.6. The summed E-state index contributed by atoms with van der Waals surface area (Å²) in [5, 5.41) is 16.3. The SMILES string of the molecule is CCCCn1nc(C)c(C(=O)c2ccc([N+](=O)[O-])c(C(C)=C(C)C)c2C)c1OCC(C)C. The van der Waals surface area contributed by atoms with E-state index in [4.69, 9.17) is 4.74 Å². The van der Waals surface area contributed by atoms with Crippen LogP contribution in [0.1, 0.15) is 87.1 Å². The number of nitro benzene ring substituents is 1. The number of rotatable bonds is 10. The molecule has 0 atom stereocenters. The van der Waals surface area contributed by atoms with Gasteiger partial charge in [-0.05, 0) is 64.2 Å². The Morgan fingerprint density at radius 2 is 1.84 bits per heavy atom. The average molecular weight is 442 g/mol. The molecule has 0 aliphatic heterocycles. The maximum atomic E-state index is 13.7. The van der Waals surface area contributed by atoms with Crippen molar-refractivity contribution >= 4 is 17.0 Å². The van der Waals surface area contributed by atoms with Crippen LogP contribution in [0.4, 0.5) is 5.69 Å². The molecule has 0 aliphatic rings. The van der Waals surface area contributed by atoms with Crippen molar-refractivity contribution in [1.82, 2.24) is 9.78 Å². The van der Waals surface area contributed by atoms with Gasteiger partial charge in [-0.3, -0.25) is 14.9 Å². The maximum Gasteiger partial charge on any atom is 0.277 e. The zero-order chi connectivity index (χ0) is 24.2. The molecule has 2 aromatic rings. The first-order chi connectivity index (χ1) is 15.0. The molecule has 7 nitrogen and oxygen atoms in total. The maximum absolute atomic E-state index is 13.7. The number of unbranched alkanes of at least 4 members (excludes halogenated alkanes) is 1. The second-order valence-electron chi connectivity index (χ2n) is 8.89. The number of carbonyl (C=O) groups is 1.